The van der Waals surface area contributed by atoms with Gasteiger partial charge in [-0.15, -0.1) is 0 Å². The van der Waals surface area contributed by atoms with Crippen molar-refractivity contribution in [1.82, 2.24) is 5.32 Å². The van der Waals surface area contributed by atoms with Gasteiger partial charge in [0.25, 0.3) is 5.91 Å². The minimum Gasteiger partial charge on any atom is -0.493 e. The molecule has 24 heavy (non-hydrogen) atoms. The van der Waals surface area contributed by atoms with Crippen molar-refractivity contribution in [2.75, 3.05) is 20.3 Å². The second-order valence-corrected chi connectivity index (χ2v) is 5.63. The van der Waals surface area contributed by atoms with E-state index < -0.39 is 0 Å². The van der Waals surface area contributed by atoms with Crippen LogP contribution in [0.25, 0.3) is 0 Å². The molecule has 6 heteroatoms. The van der Waals surface area contributed by atoms with E-state index in [1.807, 2.05) is 18.2 Å². The summed E-state index contributed by atoms with van der Waals surface area (Å²) in [6, 6.07) is 7.24. The molecule has 3 rings (SSSR count). The molecule has 1 amide bonds. The highest BCUT2D eigenvalue weighted by Crippen LogP contribution is 2.29. The fourth-order valence-corrected chi connectivity index (χ4v) is 2.58. The zero-order valence-corrected chi connectivity index (χ0v) is 13.6. The largest absolute Gasteiger partial charge is 0.493 e. The summed E-state index contributed by atoms with van der Waals surface area (Å²) >= 11 is 0. The third-order valence-electron chi connectivity index (χ3n) is 3.91. The van der Waals surface area contributed by atoms with E-state index in [2.05, 4.69) is 5.32 Å². The topological polar surface area (TPSA) is 69.9 Å². The monoisotopic (exact) mass is 331 g/mol. The Bertz CT molecular complexity index is 662. The van der Waals surface area contributed by atoms with E-state index in [-0.39, 0.29) is 12.0 Å². The van der Waals surface area contributed by atoms with Crippen LogP contribution in [0.1, 0.15) is 28.8 Å². The van der Waals surface area contributed by atoms with Crippen LogP contribution in [0.2, 0.25) is 0 Å². The minimum absolute atomic E-state index is 0.156. The standard InChI is InChI=1S/C18H21NO5/c1-21-17-9-13(10-19-18(20)14-6-8-22-11-14)4-5-16(17)24-12-15-3-2-7-23-15/h4-6,8-9,11,15H,2-3,7,10,12H2,1H3,(H,19,20). The van der Waals surface area contributed by atoms with Gasteiger partial charge in [0.2, 0.25) is 0 Å². The Morgan fingerprint density at radius 1 is 1.33 bits per heavy atom. The normalized spacial score (nSPS) is 16.8. The van der Waals surface area contributed by atoms with Gasteiger partial charge >= 0.3 is 0 Å². The van der Waals surface area contributed by atoms with Crippen molar-refractivity contribution in [1.29, 1.82) is 0 Å². The number of rotatable bonds is 7. The summed E-state index contributed by atoms with van der Waals surface area (Å²) in [4.78, 5) is 11.9. The number of benzene rings is 1. The molecular formula is C18H21NO5. The van der Waals surface area contributed by atoms with Crippen molar-refractivity contribution >= 4 is 5.91 Å². The first-order chi connectivity index (χ1) is 11.8. The van der Waals surface area contributed by atoms with Crippen LogP contribution in [0, 0.1) is 0 Å². The molecule has 0 aliphatic carbocycles. The van der Waals surface area contributed by atoms with Gasteiger partial charge in [0.15, 0.2) is 11.5 Å². The van der Waals surface area contributed by atoms with Gasteiger partial charge in [0, 0.05) is 13.2 Å². The molecule has 1 saturated heterocycles. The van der Waals surface area contributed by atoms with E-state index in [1.54, 1.807) is 13.2 Å². The third kappa shape index (κ3) is 4.08. The second kappa shape index (κ2) is 7.88. The molecule has 0 bridgehead atoms. The summed E-state index contributed by atoms with van der Waals surface area (Å²) < 4.78 is 21.6. The molecule has 1 aromatic carbocycles. The Balaban J connectivity index is 1.57. The smallest absolute Gasteiger partial charge is 0.254 e. The van der Waals surface area contributed by atoms with Crippen LogP contribution in [0.5, 0.6) is 11.5 Å². The number of carbonyl (C=O) groups is 1. The van der Waals surface area contributed by atoms with Crippen LogP contribution in [-0.4, -0.2) is 32.3 Å². The van der Waals surface area contributed by atoms with E-state index in [4.69, 9.17) is 18.6 Å². The lowest BCUT2D eigenvalue weighted by Crippen LogP contribution is -2.22. The molecule has 2 heterocycles. The molecule has 1 aromatic heterocycles. The third-order valence-corrected chi connectivity index (χ3v) is 3.91. The molecule has 0 spiro atoms. The Hall–Kier alpha value is -2.47. The van der Waals surface area contributed by atoms with Gasteiger partial charge in [0.1, 0.15) is 12.9 Å². The Kier molecular flexibility index (Phi) is 5.38. The van der Waals surface area contributed by atoms with Crippen molar-refractivity contribution in [3.63, 3.8) is 0 Å². The lowest BCUT2D eigenvalue weighted by Gasteiger charge is -2.15. The van der Waals surface area contributed by atoms with Crippen LogP contribution in [0.4, 0.5) is 0 Å². The van der Waals surface area contributed by atoms with Crippen LogP contribution in [0.15, 0.2) is 41.2 Å². The Labute approximate surface area is 140 Å². The maximum Gasteiger partial charge on any atom is 0.254 e. The van der Waals surface area contributed by atoms with Crippen LogP contribution in [-0.2, 0) is 11.3 Å². The molecule has 0 radical (unpaired) electrons. The van der Waals surface area contributed by atoms with Gasteiger partial charge in [-0.25, -0.2) is 0 Å². The fraction of sp³-hybridized carbons (Fsp3) is 0.389. The highest BCUT2D eigenvalue weighted by atomic mass is 16.5. The first kappa shape index (κ1) is 16.4. The maximum atomic E-state index is 11.9. The predicted molar refractivity (Wildman–Crippen MR) is 87.3 cm³/mol. The Morgan fingerprint density at radius 3 is 2.96 bits per heavy atom. The first-order valence-corrected chi connectivity index (χ1v) is 7.98. The van der Waals surface area contributed by atoms with Gasteiger partial charge in [-0.1, -0.05) is 6.07 Å². The highest BCUT2D eigenvalue weighted by molar-refractivity contribution is 5.93. The summed E-state index contributed by atoms with van der Waals surface area (Å²) in [7, 11) is 1.60. The summed E-state index contributed by atoms with van der Waals surface area (Å²) in [6.45, 7) is 1.72. The van der Waals surface area contributed by atoms with Crippen molar-refractivity contribution in [3.05, 3.63) is 47.9 Å². The molecule has 0 saturated carbocycles. The van der Waals surface area contributed by atoms with Crippen LogP contribution >= 0.6 is 0 Å². The van der Waals surface area contributed by atoms with E-state index in [9.17, 15) is 4.79 Å². The van der Waals surface area contributed by atoms with Crippen molar-refractivity contribution in [2.45, 2.75) is 25.5 Å². The first-order valence-electron chi connectivity index (χ1n) is 7.98. The van der Waals surface area contributed by atoms with Gasteiger partial charge < -0.3 is 23.9 Å². The zero-order chi connectivity index (χ0) is 16.8. The average molecular weight is 331 g/mol. The SMILES string of the molecule is COc1cc(CNC(=O)c2ccoc2)ccc1OCC1CCCO1. The number of hydrogen-bond donors (Lipinski definition) is 1. The zero-order valence-electron chi connectivity index (χ0n) is 13.6. The number of nitrogens with one attached hydrogen (secondary N) is 1. The fourth-order valence-electron chi connectivity index (χ4n) is 2.58. The number of ether oxygens (including phenoxy) is 3. The summed E-state index contributed by atoms with van der Waals surface area (Å²) in [5, 5.41) is 2.83. The summed E-state index contributed by atoms with van der Waals surface area (Å²) in [5.74, 6) is 1.14. The Morgan fingerprint density at radius 2 is 2.25 bits per heavy atom. The number of methoxy groups -OCH3 is 1. The van der Waals surface area contributed by atoms with E-state index >= 15 is 0 Å². The van der Waals surface area contributed by atoms with Crippen molar-refractivity contribution in [2.24, 2.45) is 0 Å². The summed E-state index contributed by atoms with van der Waals surface area (Å²) in [6.07, 6.45) is 5.15. The molecule has 128 valence electrons. The number of carbonyl (C=O) groups excluding carboxylic acids is 1. The van der Waals surface area contributed by atoms with E-state index in [0.717, 1.165) is 25.0 Å². The van der Waals surface area contributed by atoms with Crippen LogP contribution in [0.3, 0.4) is 0 Å². The van der Waals surface area contributed by atoms with Gasteiger partial charge in [0.05, 0.1) is 25.0 Å². The molecule has 1 aliphatic rings. The van der Waals surface area contributed by atoms with E-state index in [1.165, 1.54) is 12.5 Å². The molecule has 1 aliphatic heterocycles. The molecule has 6 nitrogen and oxygen atoms in total. The van der Waals surface area contributed by atoms with E-state index in [0.29, 0.717) is 30.2 Å². The second-order valence-electron chi connectivity index (χ2n) is 5.63. The van der Waals surface area contributed by atoms with Gasteiger partial charge in [-0.2, -0.15) is 0 Å². The molecule has 1 atom stereocenters. The molecular weight excluding hydrogens is 310 g/mol. The molecule has 2 aromatic rings. The van der Waals surface area contributed by atoms with Gasteiger partial charge in [-0.3, -0.25) is 4.79 Å². The number of furan rings is 1. The molecule has 1 unspecified atom stereocenters. The number of hydrogen-bond acceptors (Lipinski definition) is 5. The van der Waals surface area contributed by atoms with Crippen LogP contribution < -0.4 is 14.8 Å². The average Bonchev–Trinajstić information content (AvgIpc) is 3.31. The maximum absolute atomic E-state index is 11.9. The van der Waals surface area contributed by atoms with Crippen molar-refractivity contribution in [3.8, 4) is 11.5 Å². The lowest BCUT2D eigenvalue weighted by molar-refractivity contribution is 0.0669. The van der Waals surface area contributed by atoms with Crippen molar-refractivity contribution < 1.29 is 23.4 Å². The predicted octanol–water partition coefficient (Wildman–Crippen LogP) is 2.78. The number of amides is 1. The minimum atomic E-state index is -0.179. The quantitative estimate of drug-likeness (QED) is 0.845. The lowest BCUT2D eigenvalue weighted by atomic mass is 10.2. The summed E-state index contributed by atoms with van der Waals surface area (Å²) in [5.41, 5.74) is 1.42. The van der Waals surface area contributed by atoms with Gasteiger partial charge in [-0.05, 0) is 36.6 Å². The molecule has 1 N–H and O–H groups in total. The highest BCUT2D eigenvalue weighted by Gasteiger charge is 2.17. The molecule has 1 fully saturated rings.